The van der Waals surface area contributed by atoms with Gasteiger partial charge in [-0.1, -0.05) is 20.8 Å². The summed E-state index contributed by atoms with van der Waals surface area (Å²) < 4.78 is 2.14. The second kappa shape index (κ2) is 3.09. The molecule has 0 spiro atoms. The van der Waals surface area contributed by atoms with Crippen LogP contribution in [0.1, 0.15) is 32.0 Å². The van der Waals surface area contributed by atoms with E-state index >= 15 is 0 Å². The largest absolute Gasteiger partial charge is 0.333 e. The van der Waals surface area contributed by atoms with Crippen LogP contribution in [-0.4, -0.2) is 9.55 Å². The number of nitrogens with zero attached hydrogens (tertiary/aromatic N) is 2. The van der Waals surface area contributed by atoms with E-state index in [1.54, 1.807) is 0 Å². The first-order chi connectivity index (χ1) is 6.91. The molecule has 2 heterocycles. The van der Waals surface area contributed by atoms with E-state index in [0.29, 0.717) is 0 Å². The molecule has 0 N–H and O–H groups in total. The Balaban J connectivity index is 2.83. The lowest BCUT2D eigenvalue weighted by Gasteiger charge is -2.19. The van der Waals surface area contributed by atoms with Crippen molar-refractivity contribution in [2.45, 2.75) is 33.1 Å². The molecule has 0 bridgehead atoms. The molecule has 2 aromatic heterocycles. The van der Waals surface area contributed by atoms with Gasteiger partial charge in [-0.2, -0.15) is 0 Å². The number of pyridine rings is 1. The Morgan fingerprint density at radius 1 is 1.27 bits per heavy atom. The van der Waals surface area contributed by atoms with Crippen molar-refractivity contribution in [3.8, 4) is 0 Å². The molecule has 0 aliphatic heterocycles. The van der Waals surface area contributed by atoms with Crippen LogP contribution in [0.4, 0.5) is 0 Å². The van der Waals surface area contributed by atoms with E-state index in [2.05, 4.69) is 56.4 Å². The van der Waals surface area contributed by atoms with Gasteiger partial charge in [-0.15, -0.1) is 0 Å². The molecule has 0 atom stereocenters. The third-order valence-electron chi connectivity index (χ3n) is 2.98. The summed E-state index contributed by atoms with van der Waals surface area (Å²) in [7, 11) is 2.07. The van der Waals surface area contributed by atoms with Gasteiger partial charge >= 0.3 is 0 Å². The smallest absolute Gasteiger partial charge is 0.140 e. The predicted molar refractivity (Wildman–Crippen MR) is 64.2 cm³/mol. The van der Waals surface area contributed by atoms with Gasteiger partial charge in [0.05, 0.1) is 0 Å². The highest BCUT2D eigenvalue weighted by Gasteiger charge is 2.18. The third kappa shape index (κ3) is 1.54. The predicted octanol–water partition coefficient (Wildman–Crippen LogP) is 3.18. The van der Waals surface area contributed by atoms with Crippen LogP contribution in [0.5, 0.6) is 0 Å². The van der Waals surface area contributed by atoms with Crippen LogP contribution in [0.3, 0.4) is 0 Å². The van der Waals surface area contributed by atoms with E-state index < -0.39 is 0 Å². The van der Waals surface area contributed by atoms with E-state index in [-0.39, 0.29) is 5.41 Å². The highest BCUT2D eigenvalue weighted by Crippen LogP contribution is 2.30. The lowest BCUT2D eigenvalue weighted by molar-refractivity contribution is 0.595. The Morgan fingerprint density at radius 2 is 1.93 bits per heavy atom. The second-order valence-corrected chi connectivity index (χ2v) is 5.19. The van der Waals surface area contributed by atoms with Crippen LogP contribution >= 0.6 is 0 Å². The minimum atomic E-state index is 0.176. The zero-order valence-corrected chi connectivity index (χ0v) is 10.1. The molecule has 80 valence electrons. The maximum Gasteiger partial charge on any atom is 0.140 e. The van der Waals surface area contributed by atoms with Gasteiger partial charge in [0.1, 0.15) is 5.65 Å². The molecule has 2 heteroatoms. The topological polar surface area (TPSA) is 17.8 Å². The molecule has 15 heavy (non-hydrogen) atoms. The van der Waals surface area contributed by atoms with E-state index in [0.717, 1.165) is 5.65 Å². The van der Waals surface area contributed by atoms with Crippen molar-refractivity contribution in [3.63, 3.8) is 0 Å². The molecule has 0 radical (unpaired) electrons. The molecule has 0 saturated carbocycles. The Labute approximate surface area is 90.9 Å². The molecular weight excluding hydrogens is 184 g/mol. The van der Waals surface area contributed by atoms with Crippen molar-refractivity contribution in [1.29, 1.82) is 0 Å². The summed E-state index contributed by atoms with van der Waals surface area (Å²) in [5.74, 6) is 0. The van der Waals surface area contributed by atoms with Crippen molar-refractivity contribution in [2.24, 2.45) is 7.05 Å². The molecule has 0 aliphatic rings. The Morgan fingerprint density at radius 3 is 2.53 bits per heavy atom. The summed E-state index contributed by atoms with van der Waals surface area (Å²) in [4.78, 5) is 4.44. The molecule has 0 unspecified atom stereocenters. The van der Waals surface area contributed by atoms with E-state index in [9.17, 15) is 0 Å². The fourth-order valence-electron chi connectivity index (χ4n) is 2.00. The lowest BCUT2D eigenvalue weighted by atomic mass is 9.86. The number of rotatable bonds is 0. The number of hydrogen-bond acceptors (Lipinski definition) is 1. The van der Waals surface area contributed by atoms with Crippen molar-refractivity contribution in [3.05, 3.63) is 29.6 Å². The molecule has 0 aliphatic carbocycles. The zero-order chi connectivity index (χ0) is 11.2. The highest BCUT2D eigenvalue weighted by molar-refractivity contribution is 5.82. The summed E-state index contributed by atoms with van der Waals surface area (Å²) in [5.41, 5.74) is 3.89. The first kappa shape index (κ1) is 10.2. The monoisotopic (exact) mass is 202 g/mol. The molecular formula is C13H18N2. The normalized spacial score (nSPS) is 12.3. The van der Waals surface area contributed by atoms with Gasteiger partial charge in [-0.25, -0.2) is 4.98 Å². The van der Waals surface area contributed by atoms with E-state index in [1.807, 2.05) is 6.20 Å². The van der Waals surface area contributed by atoms with Gasteiger partial charge in [0.25, 0.3) is 0 Å². The molecule has 0 fully saturated rings. The summed E-state index contributed by atoms with van der Waals surface area (Å²) in [5, 5.41) is 1.28. The highest BCUT2D eigenvalue weighted by atomic mass is 15.0. The maximum atomic E-state index is 4.44. The van der Waals surface area contributed by atoms with Crippen LogP contribution in [0.2, 0.25) is 0 Å². The summed E-state index contributed by atoms with van der Waals surface area (Å²) >= 11 is 0. The van der Waals surface area contributed by atoms with Crippen LogP contribution < -0.4 is 0 Å². The van der Waals surface area contributed by atoms with Crippen molar-refractivity contribution >= 4 is 11.0 Å². The van der Waals surface area contributed by atoms with E-state index in [4.69, 9.17) is 0 Å². The van der Waals surface area contributed by atoms with E-state index in [1.165, 1.54) is 16.6 Å². The Kier molecular flexibility index (Phi) is 2.10. The second-order valence-electron chi connectivity index (χ2n) is 5.19. The minimum absolute atomic E-state index is 0.176. The summed E-state index contributed by atoms with van der Waals surface area (Å²) in [6, 6.07) is 4.35. The van der Waals surface area contributed by atoms with Gasteiger partial charge in [-0.05, 0) is 30.0 Å². The Bertz CT molecular complexity index is 501. The third-order valence-corrected chi connectivity index (χ3v) is 2.98. The van der Waals surface area contributed by atoms with Crippen LogP contribution in [0.25, 0.3) is 11.0 Å². The van der Waals surface area contributed by atoms with Gasteiger partial charge in [0, 0.05) is 24.3 Å². The zero-order valence-electron chi connectivity index (χ0n) is 10.1. The SMILES string of the molecule is Cc1cc2c(C(C)(C)C)ccnc2n1C. The molecule has 0 amide bonds. The standard InChI is InChI=1S/C13H18N2/c1-9-8-10-11(13(2,3)4)6-7-14-12(10)15(9)5/h6-8H,1-5H3. The summed E-state index contributed by atoms with van der Waals surface area (Å²) in [6.07, 6.45) is 1.91. The van der Waals surface area contributed by atoms with Gasteiger partial charge in [0.15, 0.2) is 0 Å². The van der Waals surface area contributed by atoms with Crippen molar-refractivity contribution in [2.75, 3.05) is 0 Å². The fourth-order valence-corrected chi connectivity index (χ4v) is 2.00. The molecule has 2 rings (SSSR count). The number of hydrogen-bond donors (Lipinski definition) is 0. The molecule has 2 nitrogen and oxygen atoms in total. The fraction of sp³-hybridized carbons (Fsp3) is 0.462. The van der Waals surface area contributed by atoms with Crippen LogP contribution in [0.15, 0.2) is 18.3 Å². The molecule has 0 saturated heterocycles. The molecule has 2 aromatic rings. The van der Waals surface area contributed by atoms with Crippen LogP contribution in [0, 0.1) is 6.92 Å². The van der Waals surface area contributed by atoms with Crippen molar-refractivity contribution in [1.82, 2.24) is 9.55 Å². The van der Waals surface area contributed by atoms with Gasteiger partial charge < -0.3 is 4.57 Å². The first-order valence-electron chi connectivity index (χ1n) is 5.33. The average molecular weight is 202 g/mol. The maximum absolute atomic E-state index is 4.44. The molecule has 0 aromatic carbocycles. The average Bonchev–Trinajstić information content (AvgIpc) is 2.41. The number of fused-ring (bicyclic) bond motifs is 1. The quantitative estimate of drug-likeness (QED) is 0.641. The Hall–Kier alpha value is -1.31. The van der Waals surface area contributed by atoms with Gasteiger partial charge in [-0.3, -0.25) is 0 Å². The number of aryl methyl sites for hydroxylation is 2. The lowest BCUT2D eigenvalue weighted by Crippen LogP contribution is -2.11. The van der Waals surface area contributed by atoms with Gasteiger partial charge in [0.2, 0.25) is 0 Å². The van der Waals surface area contributed by atoms with Crippen LogP contribution in [-0.2, 0) is 12.5 Å². The number of aromatic nitrogens is 2. The first-order valence-corrected chi connectivity index (χ1v) is 5.33. The summed E-state index contributed by atoms with van der Waals surface area (Å²) in [6.45, 7) is 8.84. The minimum Gasteiger partial charge on any atom is -0.333 e. The van der Waals surface area contributed by atoms with Crippen molar-refractivity contribution < 1.29 is 0 Å².